The first-order valence-electron chi connectivity index (χ1n) is 9.79. The molecule has 0 fully saturated rings. The fourth-order valence-corrected chi connectivity index (χ4v) is 3.14. The first-order valence-corrected chi connectivity index (χ1v) is 9.79. The molecule has 0 saturated carbocycles. The van der Waals surface area contributed by atoms with Crippen molar-refractivity contribution in [2.24, 2.45) is 14.1 Å². The van der Waals surface area contributed by atoms with Crippen LogP contribution in [0.15, 0.2) is 55.2 Å². The maximum atomic E-state index is 12.7. The van der Waals surface area contributed by atoms with Crippen LogP contribution in [-0.4, -0.2) is 40.4 Å². The molecule has 0 bridgehead atoms. The van der Waals surface area contributed by atoms with E-state index < -0.39 is 0 Å². The average molecular weight is 417 g/mol. The van der Waals surface area contributed by atoms with E-state index in [0.717, 1.165) is 17.1 Å². The number of rotatable bonds is 7. The molecule has 0 aliphatic rings. The third kappa shape index (κ3) is 4.58. The van der Waals surface area contributed by atoms with Crippen LogP contribution < -0.4 is 10.6 Å². The molecule has 158 valence electrons. The Labute approximate surface area is 179 Å². The molecule has 2 N–H and O–H groups in total. The van der Waals surface area contributed by atoms with E-state index in [1.54, 1.807) is 29.2 Å². The van der Waals surface area contributed by atoms with E-state index in [1.807, 2.05) is 50.0 Å². The van der Waals surface area contributed by atoms with Crippen molar-refractivity contribution < 1.29 is 4.79 Å². The Hall–Kier alpha value is -4.08. The van der Waals surface area contributed by atoms with Crippen LogP contribution in [0.25, 0.3) is 11.5 Å². The van der Waals surface area contributed by atoms with Crippen molar-refractivity contribution in [3.8, 4) is 11.5 Å². The van der Waals surface area contributed by atoms with Crippen molar-refractivity contribution >= 4 is 11.6 Å². The molecule has 4 aromatic rings. The quantitative estimate of drug-likeness (QED) is 0.473. The number of hydrogen-bond acceptors (Lipinski definition) is 7. The van der Waals surface area contributed by atoms with Crippen LogP contribution in [0.3, 0.4) is 0 Å². The smallest absolute Gasteiger partial charge is 0.251 e. The van der Waals surface area contributed by atoms with Gasteiger partial charge in [-0.15, -0.1) is 10.2 Å². The number of aryl methyl sites for hydroxylation is 1. The minimum atomic E-state index is -0.148. The summed E-state index contributed by atoms with van der Waals surface area (Å²) < 4.78 is 3.59. The molecule has 3 heterocycles. The predicted octanol–water partition coefficient (Wildman–Crippen LogP) is 2.11. The highest BCUT2D eigenvalue weighted by atomic mass is 16.1. The molecule has 0 spiro atoms. The monoisotopic (exact) mass is 417 g/mol. The zero-order valence-electron chi connectivity index (χ0n) is 17.5. The van der Waals surface area contributed by atoms with E-state index in [0.29, 0.717) is 23.6 Å². The lowest BCUT2D eigenvalue weighted by Gasteiger charge is -2.13. The summed E-state index contributed by atoms with van der Waals surface area (Å²) in [5.74, 6) is 1.26. The first kappa shape index (κ1) is 20.2. The molecule has 10 nitrogen and oxygen atoms in total. The molecule has 1 atom stereocenters. The molecule has 1 unspecified atom stereocenters. The van der Waals surface area contributed by atoms with Crippen LogP contribution in [0.5, 0.6) is 0 Å². The van der Waals surface area contributed by atoms with Gasteiger partial charge in [0.2, 0.25) is 0 Å². The Morgan fingerprint density at radius 3 is 2.81 bits per heavy atom. The third-order valence-corrected chi connectivity index (χ3v) is 4.92. The minimum absolute atomic E-state index is 0.142. The number of anilines is 1. The van der Waals surface area contributed by atoms with Gasteiger partial charge in [-0.05, 0) is 31.2 Å². The van der Waals surface area contributed by atoms with Crippen LogP contribution in [0.2, 0.25) is 0 Å². The predicted molar refractivity (Wildman–Crippen MR) is 115 cm³/mol. The van der Waals surface area contributed by atoms with Gasteiger partial charge in [0.05, 0.1) is 18.8 Å². The molecule has 1 aromatic carbocycles. The van der Waals surface area contributed by atoms with Crippen LogP contribution in [0, 0.1) is 0 Å². The summed E-state index contributed by atoms with van der Waals surface area (Å²) in [6, 6.07) is 8.99. The van der Waals surface area contributed by atoms with Gasteiger partial charge in [0.1, 0.15) is 12.0 Å². The van der Waals surface area contributed by atoms with Crippen molar-refractivity contribution in [3.05, 3.63) is 72.2 Å². The average Bonchev–Trinajstić information content (AvgIpc) is 3.38. The third-order valence-electron chi connectivity index (χ3n) is 4.92. The molecule has 4 rings (SSSR count). The number of benzene rings is 1. The number of aromatic nitrogens is 7. The zero-order valence-corrected chi connectivity index (χ0v) is 17.5. The van der Waals surface area contributed by atoms with E-state index in [1.165, 1.54) is 6.33 Å². The van der Waals surface area contributed by atoms with Crippen molar-refractivity contribution in [2.75, 3.05) is 5.32 Å². The Morgan fingerprint density at radius 1 is 1.19 bits per heavy atom. The van der Waals surface area contributed by atoms with Gasteiger partial charge in [-0.1, -0.05) is 6.07 Å². The highest BCUT2D eigenvalue weighted by Crippen LogP contribution is 2.17. The summed E-state index contributed by atoms with van der Waals surface area (Å²) in [4.78, 5) is 20.8. The van der Waals surface area contributed by atoms with Gasteiger partial charge in [0.15, 0.2) is 11.6 Å². The van der Waals surface area contributed by atoms with E-state index in [9.17, 15) is 4.79 Å². The second-order valence-corrected chi connectivity index (χ2v) is 7.17. The van der Waals surface area contributed by atoms with Gasteiger partial charge < -0.3 is 15.2 Å². The SMILES string of the molecule is CC(NC(=O)c1cccc(NCc2nnc(-c3ccncn3)n2C)c1)c1cnn(C)c1. The van der Waals surface area contributed by atoms with Crippen molar-refractivity contribution in [2.45, 2.75) is 19.5 Å². The van der Waals surface area contributed by atoms with Crippen molar-refractivity contribution in [1.82, 2.24) is 39.8 Å². The lowest BCUT2D eigenvalue weighted by Crippen LogP contribution is -2.26. The summed E-state index contributed by atoms with van der Waals surface area (Å²) in [7, 11) is 3.74. The molecule has 10 heteroatoms. The van der Waals surface area contributed by atoms with Crippen LogP contribution in [-0.2, 0) is 20.6 Å². The Bertz CT molecular complexity index is 1180. The normalized spacial score (nSPS) is 11.8. The molecule has 31 heavy (non-hydrogen) atoms. The fraction of sp³-hybridized carbons (Fsp3) is 0.238. The molecular weight excluding hydrogens is 394 g/mol. The molecule has 3 aromatic heterocycles. The number of nitrogens with one attached hydrogen (secondary N) is 2. The van der Waals surface area contributed by atoms with Crippen LogP contribution >= 0.6 is 0 Å². The number of carbonyl (C=O) groups is 1. The zero-order chi connectivity index (χ0) is 21.8. The van der Waals surface area contributed by atoms with E-state index in [-0.39, 0.29) is 11.9 Å². The summed E-state index contributed by atoms with van der Waals surface area (Å²) in [5.41, 5.74) is 3.04. The number of carbonyl (C=O) groups excluding carboxylic acids is 1. The number of nitrogens with zero attached hydrogens (tertiary/aromatic N) is 7. The maximum Gasteiger partial charge on any atom is 0.251 e. The summed E-state index contributed by atoms with van der Waals surface area (Å²) >= 11 is 0. The number of amides is 1. The van der Waals surface area contributed by atoms with Gasteiger partial charge in [0.25, 0.3) is 5.91 Å². The Kier molecular flexibility index (Phi) is 5.69. The van der Waals surface area contributed by atoms with Gasteiger partial charge in [-0.25, -0.2) is 9.97 Å². The summed E-state index contributed by atoms with van der Waals surface area (Å²) in [5, 5.41) is 18.9. The molecule has 1 amide bonds. The molecule has 0 radical (unpaired) electrons. The van der Waals surface area contributed by atoms with Crippen molar-refractivity contribution in [3.63, 3.8) is 0 Å². The standard InChI is InChI=1S/C21H23N9O/c1-14(16-10-25-29(2)12-16)26-21(31)15-5-4-6-17(9-15)23-11-19-27-28-20(30(19)3)18-7-8-22-13-24-18/h4-10,12-14,23H,11H2,1-3H3,(H,26,31). The van der Waals surface area contributed by atoms with Gasteiger partial charge in [-0.3, -0.25) is 9.48 Å². The highest BCUT2D eigenvalue weighted by molar-refractivity contribution is 5.95. The van der Waals surface area contributed by atoms with Crippen LogP contribution in [0.1, 0.15) is 34.7 Å². The molecule has 0 saturated heterocycles. The second-order valence-electron chi connectivity index (χ2n) is 7.17. The lowest BCUT2D eigenvalue weighted by atomic mass is 10.1. The molecule has 0 aliphatic carbocycles. The summed E-state index contributed by atoms with van der Waals surface area (Å²) in [6.45, 7) is 2.38. The summed E-state index contributed by atoms with van der Waals surface area (Å²) in [6.07, 6.45) is 6.79. The molecule has 0 aliphatic heterocycles. The fourth-order valence-electron chi connectivity index (χ4n) is 3.14. The topological polar surface area (TPSA) is 115 Å². The van der Waals surface area contributed by atoms with E-state index in [4.69, 9.17) is 0 Å². The number of hydrogen-bond donors (Lipinski definition) is 2. The Balaban J connectivity index is 1.41. The minimum Gasteiger partial charge on any atom is -0.378 e. The molecular formula is C21H23N9O. The van der Waals surface area contributed by atoms with Gasteiger partial charge in [0, 0.05) is 43.3 Å². The van der Waals surface area contributed by atoms with E-state index >= 15 is 0 Å². The maximum absolute atomic E-state index is 12.7. The first-order chi connectivity index (χ1) is 15.0. The lowest BCUT2D eigenvalue weighted by molar-refractivity contribution is 0.0940. The Morgan fingerprint density at radius 2 is 2.06 bits per heavy atom. The van der Waals surface area contributed by atoms with Gasteiger partial charge in [-0.2, -0.15) is 5.10 Å². The largest absolute Gasteiger partial charge is 0.378 e. The second kappa shape index (κ2) is 8.74. The van der Waals surface area contributed by atoms with Crippen LogP contribution in [0.4, 0.5) is 5.69 Å². The van der Waals surface area contributed by atoms with Crippen molar-refractivity contribution in [1.29, 1.82) is 0 Å². The van der Waals surface area contributed by atoms with Gasteiger partial charge >= 0.3 is 0 Å². The van der Waals surface area contributed by atoms with E-state index in [2.05, 4.69) is 35.9 Å². The highest BCUT2D eigenvalue weighted by Gasteiger charge is 2.14.